The van der Waals surface area contributed by atoms with E-state index in [-0.39, 0.29) is 5.91 Å². The molecule has 200 valence electrons. The number of amides is 1. The molecule has 0 saturated heterocycles. The Morgan fingerprint density at radius 1 is 0.600 bits per heavy atom. The molecule has 1 amide bonds. The average Bonchev–Trinajstić information content (AvgIpc) is 2.98. The molecule has 0 aliphatic heterocycles. The molecule has 0 aliphatic carbocycles. The van der Waals surface area contributed by atoms with Gasteiger partial charge in [-0.2, -0.15) is 13.2 Å². The number of para-hydroxylation sites is 1. The molecule has 1 N–H and O–H groups in total. The summed E-state index contributed by atoms with van der Waals surface area (Å²) in [6, 6.07) is 37.6. The van der Waals surface area contributed by atoms with Gasteiger partial charge in [0.25, 0.3) is 5.91 Å². The number of halogens is 3. The molecular weight excluding hydrogens is 511 g/mol. The van der Waals surface area contributed by atoms with Gasteiger partial charge in [0.15, 0.2) is 0 Å². The molecule has 6 heteroatoms. The van der Waals surface area contributed by atoms with E-state index >= 15 is 0 Å². The Kier molecular flexibility index (Phi) is 7.97. The van der Waals surface area contributed by atoms with Gasteiger partial charge in [-0.15, -0.1) is 0 Å². The van der Waals surface area contributed by atoms with Gasteiger partial charge in [0.2, 0.25) is 0 Å². The van der Waals surface area contributed by atoms with E-state index in [1.54, 1.807) is 24.3 Å². The number of hydrogen-bond donors (Lipinski definition) is 1. The van der Waals surface area contributed by atoms with Crippen LogP contribution in [0, 0.1) is 0 Å². The van der Waals surface area contributed by atoms with Crippen LogP contribution in [0.25, 0.3) is 22.3 Å². The molecule has 5 rings (SSSR count). The molecule has 0 saturated carbocycles. The Balaban J connectivity index is 1.11. The van der Waals surface area contributed by atoms with Gasteiger partial charge in [0, 0.05) is 12.1 Å². The number of carbonyl (C=O) groups excluding carboxylic acids is 1. The lowest BCUT2D eigenvalue weighted by atomic mass is 10.0. The van der Waals surface area contributed by atoms with Crippen molar-refractivity contribution >= 4 is 5.91 Å². The van der Waals surface area contributed by atoms with E-state index in [0.29, 0.717) is 24.1 Å². The van der Waals surface area contributed by atoms with Crippen LogP contribution in [0.3, 0.4) is 0 Å². The van der Waals surface area contributed by atoms with Gasteiger partial charge in [-0.05, 0) is 82.8 Å². The number of ether oxygens (including phenoxy) is 1. The van der Waals surface area contributed by atoms with E-state index in [4.69, 9.17) is 4.74 Å². The minimum absolute atomic E-state index is 0.201. The predicted molar refractivity (Wildman–Crippen MR) is 151 cm³/mol. The first-order valence-electron chi connectivity index (χ1n) is 12.8. The average molecular weight is 538 g/mol. The number of nitrogens with one attached hydrogen (secondary N) is 1. The van der Waals surface area contributed by atoms with E-state index in [2.05, 4.69) is 29.6 Å². The third-order valence-corrected chi connectivity index (χ3v) is 6.51. The van der Waals surface area contributed by atoms with Gasteiger partial charge in [0.1, 0.15) is 11.5 Å². The van der Waals surface area contributed by atoms with E-state index in [9.17, 15) is 18.0 Å². The summed E-state index contributed by atoms with van der Waals surface area (Å²) >= 11 is 0. The summed E-state index contributed by atoms with van der Waals surface area (Å²) in [5.41, 5.74) is 4.47. The van der Waals surface area contributed by atoms with Gasteiger partial charge < -0.3 is 10.1 Å². The fraction of sp³-hybridized carbons (Fsp3) is 0.0882. The lowest BCUT2D eigenvalue weighted by molar-refractivity contribution is -0.137. The summed E-state index contributed by atoms with van der Waals surface area (Å²) in [7, 11) is 0. The SMILES string of the molecule is O=C(NCCc1ccc(-c2ccc(Oc3ccccc3)cc2)cc1)c1ccc(-c2ccc(C(F)(F)F)cc2)cc1. The summed E-state index contributed by atoms with van der Waals surface area (Å²) in [5, 5.41) is 2.93. The number of carbonyl (C=O) groups is 1. The lowest BCUT2D eigenvalue weighted by Crippen LogP contribution is -2.25. The maximum Gasteiger partial charge on any atom is 0.416 e. The van der Waals surface area contributed by atoms with Crippen LogP contribution in [0.15, 0.2) is 127 Å². The van der Waals surface area contributed by atoms with Crippen molar-refractivity contribution in [1.29, 1.82) is 0 Å². The number of alkyl halides is 3. The van der Waals surface area contributed by atoms with Gasteiger partial charge in [0.05, 0.1) is 5.56 Å². The molecule has 0 fully saturated rings. The third kappa shape index (κ3) is 6.77. The topological polar surface area (TPSA) is 38.3 Å². The minimum Gasteiger partial charge on any atom is -0.457 e. The number of hydrogen-bond acceptors (Lipinski definition) is 2. The maximum atomic E-state index is 12.8. The normalized spacial score (nSPS) is 11.2. The standard InChI is InChI=1S/C34H26F3NO2/c35-34(36,37)30-18-14-27(15-19-30)26-10-12-29(13-11-26)33(39)38-23-22-24-6-8-25(9-7-24)28-16-20-32(21-17-28)40-31-4-2-1-3-5-31/h1-21H,22-23H2,(H,38,39). The Bertz CT molecular complexity index is 1540. The molecule has 0 bridgehead atoms. The van der Waals surface area contributed by atoms with Crippen molar-refractivity contribution in [1.82, 2.24) is 5.32 Å². The summed E-state index contributed by atoms with van der Waals surface area (Å²) in [4.78, 5) is 12.6. The van der Waals surface area contributed by atoms with Crippen LogP contribution in [-0.4, -0.2) is 12.5 Å². The molecule has 0 radical (unpaired) electrons. The van der Waals surface area contributed by atoms with Crippen molar-refractivity contribution in [2.45, 2.75) is 12.6 Å². The van der Waals surface area contributed by atoms with Gasteiger partial charge in [-0.3, -0.25) is 4.79 Å². The van der Waals surface area contributed by atoms with Crippen LogP contribution in [0.2, 0.25) is 0 Å². The fourth-order valence-electron chi connectivity index (χ4n) is 4.29. The van der Waals surface area contributed by atoms with Crippen molar-refractivity contribution < 1.29 is 22.7 Å². The second-order valence-electron chi connectivity index (χ2n) is 9.29. The Morgan fingerprint density at radius 3 is 1.62 bits per heavy atom. The van der Waals surface area contributed by atoms with Crippen molar-refractivity contribution in [3.8, 4) is 33.8 Å². The van der Waals surface area contributed by atoms with Crippen LogP contribution in [0.5, 0.6) is 11.5 Å². The molecule has 0 spiro atoms. The quantitative estimate of drug-likeness (QED) is 0.215. The molecule has 0 aromatic heterocycles. The molecule has 3 nitrogen and oxygen atoms in total. The minimum atomic E-state index is -4.37. The second-order valence-corrected chi connectivity index (χ2v) is 9.29. The molecule has 40 heavy (non-hydrogen) atoms. The van der Waals surface area contributed by atoms with Crippen LogP contribution in [0.4, 0.5) is 13.2 Å². The largest absolute Gasteiger partial charge is 0.457 e. The molecule has 5 aromatic carbocycles. The van der Waals surface area contributed by atoms with Gasteiger partial charge >= 0.3 is 6.18 Å². The first-order chi connectivity index (χ1) is 19.3. The van der Waals surface area contributed by atoms with Crippen LogP contribution >= 0.6 is 0 Å². The van der Waals surface area contributed by atoms with Crippen molar-refractivity contribution in [2.24, 2.45) is 0 Å². The summed E-state index contributed by atoms with van der Waals surface area (Å²) in [6.45, 7) is 0.477. The monoisotopic (exact) mass is 537 g/mol. The molecule has 5 aromatic rings. The smallest absolute Gasteiger partial charge is 0.416 e. The first-order valence-corrected chi connectivity index (χ1v) is 12.8. The molecular formula is C34H26F3NO2. The van der Waals surface area contributed by atoms with E-state index in [1.807, 2.05) is 54.6 Å². The Morgan fingerprint density at radius 2 is 1.07 bits per heavy atom. The van der Waals surface area contributed by atoms with E-state index in [1.165, 1.54) is 12.1 Å². The lowest BCUT2D eigenvalue weighted by Gasteiger charge is -2.09. The highest BCUT2D eigenvalue weighted by molar-refractivity contribution is 5.94. The summed E-state index contributed by atoms with van der Waals surface area (Å²) in [5.74, 6) is 1.37. The van der Waals surface area contributed by atoms with Gasteiger partial charge in [-0.25, -0.2) is 0 Å². The molecule has 0 heterocycles. The number of rotatable bonds is 8. The van der Waals surface area contributed by atoms with Crippen LogP contribution in [-0.2, 0) is 12.6 Å². The van der Waals surface area contributed by atoms with E-state index in [0.717, 1.165) is 45.9 Å². The fourth-order valence-corrected chi connectivity index (χ4v) is 4.29. The maximum absolute atomic E-state index is 12.8. The zero-order chi connectivity index (χ0) is 28.0. The molecule has 0 atom stereocenters. The summed E-state index contributed by atoms with van der Waals surface area (Å²) < 4.78 is 44.2. The Labute approximate surface area is 230 Å². The van der Waals surface area contributed by atoms with Crippen LogP contribution < -0.4 is 10.1 Å². The van der Waals surface area contributed by atoms with Crippen molar-refractivity contribution in [3.05, 3.63) is 144 Å². The van der Waals surface area contributed by atoms with Crippen molar-refractivity contribution in [3.63, 3.8) is 0 Å². The third-order valence-electron chi connectivity index (χ3n) is 6.51. The zero-order valence-corrected chi connectivity index (χ0v) is 21.5. The highest BCUT2D eigenvalue weighted by Crippen LogP contribution is 2.31. The highest BCUT2D eigenvalue weighted by Gasteiger charge is 2.29. The highest BCUT2D eigenvalue weighted by atomic mass is 19.4. The second kappa shape index (κ2) is 11.9. The molecule has 0 unspecified atom stereocenters. The summed E-state index contributed by atoms with van der Waals surface area (Å²) in [6.07, 6.45) is -3.69. The zero-order valence-electron chi connectivity index (χ0n) is 21.5. The Hall–Kier alpha value is -4.84. The molecule has 0 aliphatic rings. The van der Waals surface area contributed by atoms with E-state index < -0.39 is 11.7 Å². The van der Waals surface area contributed by atoms with Crippen LogP contribution in [0.1, 0.15) is 21.5 Å². The van der Waals surface area contributed by atoms with Crippen molar-refractivity contribution in [2.75, 3.05) is 6.54 Å². The number of benzene rings is 5. The predicted octanol–water partition coefficient (Wildman–Crippen LogP) is 8.80. The van der Waals surface area contributed by atoms with Gasteiger partial charge in [-0.1, -0.05) is 78.9 Å². The first kappa shape index (κ1) is 26.8.